The van der Waals surface area contributed by atoms with Crippen molar-refractivity contribution in [2.24, 2.45) is 5.41 Å². The zero-order valence-electron chi connectivity index (χ0n) is 12.8. The molecule has 1 aromatic carbocycles. The van der Waals surface area contributed by atoms with E-state index in [1.54, 1.807) is 13.1 Å². The van der Waals surface area contributed by atoms with E-state index >= 15 is 0 Å². The number of benzene rings is 1. The fourth-order valence-corrected chi connectivity index (χ4v) is 4.03. The maximum atomic E-state index is 14.1. The Balaban J connectivity index is 2.24. The maximum Gasteiger partial charge on any atom is 0.245 e. The first-order chi connectivity index (χ1) is 9.76. The van der Waals surface area contributed by atoms with E-state index in [-0.39, 0.29) is 10.3 Å². The van der Waals surface area contributed by atoms with Crippen LogP contribution < -0.4 is 5.32 Å². The predicted molar refractivity (Wildman–Crippen MR) is 80.9 cm³/mol. The van der Waals surface area contributed by atoms with Crippen LogP contribution in [0.25, 0.3) is 0 Å². The van der Waals surface area contributed by atoms with E-state index in [0.29, 0.717) is 19.6 Å². The molecule has 2 rings (SSSR count). The van der Waals surface area contributed by atoms with E-state index in [1.807, 2.05) is 0 Å². The minimum absolute atomic E-state index is 0.154. The van der Waals surface area contributed by atoms with Gasteiger partial charge in [0, 0.05) is 19.6 Å². The van der Waals surface area contributed by atoms with Gasteiger partial charge in [-0.2, -0.15) is 4.31 Å². The van der Waals surface area contributed by atoms with Crippen molar-refractivity contribution in [1.82, 2.24) is 9.62 Å². The van der Waals surface area contributed by atoms with Gasteiger partial charge in [-0.3, -0.25) is 0 Å². The highest BCUT2D eigenvalue weighted by Crippen LogP contribution is 2.32. The third-order valence-corrected chi connectivity index (χ3v) is 6.00. The molecule has 4 nitrogen and oxygen atoms in total. The second-order valence-electron chi connectivity index (χ2n) is 6.36. The van der Waals surface area contributed by atoms with Crippen LogP contribution in [0.4, 0.5) is 4.39 Å². The van der Waals surface area contributed by atoms with Crippen molar-refractivity contribution in [2.45, 2.75) is 38.1 Å². The summed E-state index contributed by atoms with van der Waals surface area (Å²) in [6.07, 6.45) is 1.59. The molecule has 0 spiro atoms. The molecule has 0 bridgehead atoms. The number of rotatable bonds is 4. The highest BCUT2D eigenvalue weighted by Gasteiger charge is 2.34. The molecule has 6 heteroatoms. The van der Waals surface area contributed by atoms with Gasteiger partial charge in [-0.25, -0.2) is 12.8 Å². The number of nitrogens with one attached hydrogen (secondary N) is 1. The number of nitrogens with zero attached hydrogens (tertiary/aromatic N) is 1. The molecule has 0 saturated carbocycles. The van der Waals surface area contributed by atoms with Crippen molar-refractivity contribution >= 4 is 10.0 Å². The third-order valence-electron chi connectivity index (χ3n) is 4.07. The van der Waals surface area contributed by atoms with Gasteiger partial charge in [-0.1, -0.05) is 19.9 Å². The molecule has 1 aliphatic heterocycles. The third kappa shape index (κ3) is 3.62. The lowest BCUT2D eigenvalue weighted by molar-refractivity contribution is 0.195. The van der Waals surface area contributed by atoms with Crippen LogP contribution in [-0.2, 0) is 16.6 Å². The quantitative estimate of drug-likeness (QED) is 0.928. The first-order valence-corrected chi connectivity index (χ1v) is 8.63. The monoisotopic (exact) mass is 314 g/mol. The molecular weight excluding hydrogens is 291 g/mol. The lowest BCUT2D eigenvalue weighted by Crippen LogP contribution is -2.41. The molecule has 1 aromatic rings. The Hall–Kier alpha value is -0.980. The molecule has 0 atom stereocenters. The second kappa shape index (κ2) is 6.02. The first kappa shape index (κ1) is 16.4. The number of sulfonamides is 1. The average molecular weight is 314 g/mol. The Morgan fingerprint density at radius 1 is 1.29 bits per heavy atom. The Morgan fingerprint density at radius 3 is 2.43 bits per heavy atom. The van der Waals surface area contributed by atoms with Crippen molar-refractivity contribution in [3.8, 4) is 0 Å². The van der Waals surface area contributed by atoms with Crippen molar-refractivity contribution in [2.75, 3.05) is 20.1 Å². The van der Waals surface area contributed by atoms with Gasteiger partial charge < -0.3 is 5.32 Å². The SMILES string of the molecule is CNCc1ccc(S(=O)(=O)N2CCC(C)(C)CC2)c(F)c1. The van der Waals surface area contributed by atoms with E-state index in [2.05, 4.69) is 19.2 Å². The molecule has 0 amide bonds. The molecular formula is C15H23FN2O2S. The highest BCUT2D eigenvalue weighted by atomic mass is 32.2. The van der Waals surface area contributed by atoms with Crippen molar-refractivity contribution in [1.29, 1.82) is 0 Å². The zero-order valence-corrected chi connectivity index (χ0v) is 13.6. The molecule has 1 saturated heterocycles. The van der Waals surface area contributed by atoms with Crippen LogP contribution in [0, 0.1) is 11.2 Å². The van der Waals surface area contributed by atoms with Gasteiger partial charge in [0.25, 0.3) is 0 Å². The Morgan fingerprint density at radius 2 is 1.90 bits per heavy atom. The molecule has 0 radical (unpaired) electrons. The van der Waals surface area contributed by atoms with Gasteiger partial charge in [0.1, 0.15) is 10.7 Å². The molecule has 0 aliphatic carbocycles. The zero-order chi connectivity index (χ0) is 15.7. The topological polar surface area (TPSA) is 49.4 Å². The fraction of sp³-hybridized carbons (Fsp3) is 0.600. The normalized spacial score (nSPS) is 19.6. The van der Waals surface area contributed by atoms with Gasteiger partial charge in [0.2, 0.25) is 10.0 Å². The summed E-state index contributed by atoms with van der Waals surface area (Å²) in [5.74, 6) is -0.674. The lowest BCUT2D eigenvalue weighted by atomic mass is 9.83. The first-order valence-electron chi connectivity index (χ1n) is 7.19. The van der Waals surface area contributed by atoms with Crippen LogP contribution in [0.1, 0.15) is 32.3 Å². The predicted octanol–water partition coefficient (Wildman–Crippen LogP) is 2.36. The van der Waals surface area contributed by atoms with Crippen LogP contribution in [0.5, 0.6) is 0 Å². The molecule has 1 N–H and O–H groups in total. The molecule has 118 valence electrons. The molecule has 1 aliphatic rings. The van der Waals surface area contributed by atoms with Crippen LogP contribution in [0.2, 0.25) is 0 Å². The van der Waals surface area contributed by atoms with E-state index in [9.17, 15) is 12.8 Å². The van der Waals surface area contributed by atoms with Crippen molar-refractivity contribution in [3.05, 3.63) is 29.6 Å². The van der Waals surface area contributed by atoms with Gasteiger partial charge in [0.15, 0.2) is 0 Å². The minimum atomic E-state index is -3.74. The molecule has 1 heterocycles. The van der Waals surface area contributed by atoms with E-state index in [1.165, 1.54) is 16.4 Å². The Kier molecular flexibility index (Phi) is 4.70. The molecule has 0 unspecified atom stereocenters. The van der Waals surface area contributed by atoms with Crippen molar-refractivity contribution in [3.63, 3.8) is 0 Å². The maximum absolute atomic E-state index is 14.1. The van der Waals surface area contributed by atoms with Crippen molar-refractivity contribution < 1.29 is 12.8 Å². The molecule has 0 aromatic heterocycles. The summed E-state index contributed by atoms with van der Waals surface area (Å²) in [4.78, 5) is -0.220. The fourth-order valence-electron chi connectivity index (χ4n) is 2.54. The van der Waals surface area contributed by atoms with Crippen LogP contribution in [-0.4, -0.2) is 32.9 Å². The van der Waals surface area contributed by atoms with E-state index in [4.69, 9.17) is 0 Å². The van der Waals surface area contributed by atoms with Crippen LogP contribution in [0.3, 0.4) is 0 Å². The largest absolute Gasteiger partial charge is 0.316 e. The second-order valence-corrected chi connectivity index (χ2v) is 8.27. The van der Waals surface area contributed by atoms with Gasteiger partial charge in [0.05, 0.1) is 0 Å². The summed E-state index contributed by atoms with van der Waals surface area (Å²) in [5, 5.41) is 2.92. The van der Waals surface area contributed by atoms with Crippen LogP contribution in [0.15, 0.2) is 23.1 Å². The van der Waals surface area contributed by atoms with Crippen LogP contribution >= 0.6 is 0 Å². The average Bonchev–Trinajstić information content (AvgIpc) is 2.38. The summed E-state index contributed by atoms with van der Waals surface area (Å²) < 4.78 is 40.7. The number of hydrogen-bond acceptors (Lipinski definition) is 3. The van der Waals surface area contributed by atoms with Gasteiger partial charge >= 0.3 is 0 Å². The molecule has 1 fully saturated rings. The summed E-state index contributed by atoms with van der Waals surface area (Å²) in [7, 11) is -1.97. The smallest absolute Gasteiger partial charge is 0.245 e. The Labute approximate surface area is 126 Å². The number of piperidine rings is 1. The van der Waals surface area contributed by atoms with E-state index < -0.39 is 15.8 Å². The number of hydrogen-bond donors (Lipinski definition) is 1. The summed E-state index contributed by atoms with van der Waals surface area (Å²) in [5.41, 5.74) is 0.884. The van der Waals surface area contributed by atoms with Gasteiger partial charge in [-0.15, -0.1) is 0 Å². The summed E-state index contributed by atoms with van der Waals surface area (Å²) >= 11 is 0. The lowest BCUT2D eigenvalue weighted by Gasteiger charge is -2.36. The standard InChI is InChI=1S/C15H23FN2O2S/c1-15(2)6-8-18(9-7-15)21(19,20)14-5-4-12(11-17-3)10-13(14)16/h4-5,10,17H,6-9,11H2,1-3H3. The number of halogens is 1. The highest BCUT2D eigenvalue weighted by molar-refractivity contribution is 7.89. The summed E-state index contributed by atoms with van der Waals surface area (Å²) in [6.45, 7) is 5.67. The Bertz CT molecular complexity index is 604. The summed E-state index contributed by atoms with van der Waals surface area (Å²) in [6, 6.07) is 4.31. The molecule has 21 heavy (non-hydrogen) atoms. The van der Waals surface area contributed by atoms with E-state index in [0.717, 1.165) is 18.4 Å². The van der Waals surface area contributed by atoms with Gasteiger partial charge in [-0.05, 0) is 43.0 Å². The minimum Gasteiger partial charge on any atom is -0.316 e.